The van der Waals surface area contributed by atoms with Gasteiger partial charge in [0.1, 0.15) is 0 Å². The van der Waals surface area contributed by atoms with Crippen molar-refractivity contribution in [3.05, 3.63) is 12.2 Å². The molecule has 4 heteroatoms. The van der Waals surface area contributed by atoms with Crippen LogP contribution in [0, 0.1) is 6.33 Å². The molecule has 1 aromatic heterocycles. The summed E-state index contributed by atoms with van der Waals surface area (Å²) in [6.45, 7) is 3.27. The molecule has 0 bridgehead atoms. The largest absolute Gasteiger partial charge is 0.296 e. The van der Waals surface area contributed by atoms with Gasteiger partial charge in [0.2, 0.25) is 0 Å². The van der Waals surface area contributed by atoms with E-state index in [0.717, 1.165) is 12.4 Å². The molecule has 0 saturated carbocycles. The van der Waals surface area contributed by atoms with Gasteiger partial charge in [0.15, 0.2) is 12.2 Å². The quantitative estimate of drug-likeness (QED) is 0.588. The minimum absolute atomic E-state index is 0.882. The molecular weight excluding hydrogens is 140 g/mol. The van der Waals surface area contributed by atoms with Gasteiger partial charge in [-0.2, -0.15) is 5.10 Å². The van der Waals surface area contributed by atoms with E-state index in [1.54, 1.807) is 4.68 Å². The molecule has 0 aromatic carbocycles. The molecule has 0 unspecified atom stereocenters. The van der Waals surface area contributed by atoms with Gasteiger partial charge in [0.05, 0.1) is 6.54 Å². The fourth-order valence-electron chi connectivity index (χ4n) is 1.15. The van der Waals surface area contributed by atoms with Crippen molar-refractivity contribution >= 4 is 0 Å². The van der Waals surface area contributed by atoms with Gasteiger partial charge in [0, 0.05) is 7.05 Å². The Kier molecular flexibility index (Phi) is 1.62. The van der Waals surface area contributed by atoms with Crippen LogP contribution in [-0.4, -0.2) is 32.8 Å². The first-order valence-corrected chi connectivity index (χ1v) is 3.84. The van der Waals surface area contributed by atoms with Crippen molar-refractivity contribution in [1.29, 1.82) is 0 Å². The first-order chi connectivity index (χ1) is 5.34. The molecule has 1 saturated heterocycles. The minimum Gasteiger partial charge on any atom is -0.296 e. The average Bonchev–Trinajstić information content (AvgIpc) is 2.27. The molecule has 11 heavy (non-hydrogen) atoms. The van der Waals surface area contributed by atoms with Crippen molar-refractivity contribution in [3.63, 3.8) is 0 Å². The fraction of sp³-hybridized carbons (Fsp3) is 0.714. The number of rotatable bonds is 2. The zero-order valence-electron chi connectivity index (χ0n) is 6.62. The van der Waals surface area contributed by atoms with Crippen molar-refractivity contribution < 1.29 is 0 Å². The van der Waals surface area contributed by atoms with Crippen molar-refractivity contribution in [2.45, 2.75) is 13.0 Å². The van der Waals surface area contributed by atoms with E-state index in [4.69, 9.17) is 0 Å². The molecule has 0 N–H and O–H groups in total. The van der Waals surface area contributed by atoms with Gasteiger partial charge < -0.3 is 0 Å². The second kappa shape index (κ2) is 2.62. The predicted octanol–water partition coefficient (Wildman–Crippen LogP) is -0.179. The van der Waals surface area contributed by atoms with Gasteiger partial charge in [-0.1, -0.05) is 0 Å². The highest BCUT2D eigenvalue weighted by atomic mass is 15.3. The Bertz CT molecular complexity index is 238. The molecule has 2 heterocycles. The second-order valence-corrected chi connectivity index (χ2v) is 2.88. The topological polar surface area (TPSA) is 34.0 Å². The smallest absolute Gasteiger partial charge is 0.196 e. The van der Waals surface area contributed by atoms with Crippen LogP contribution in [0.15, 0.2) is 0 Å². The van der Waals surface area contributed by atoms with Crippen molar-refractivity contribution in [2.75, 3.05) is 13.1 Å². The Morgan fingerprint density at radius 3 is 2.82 bits per heavy atom. The van der Waals surface area contributed by atoms with Crippen LogP contribution in [0.4, 0.5) is 0 Å². The van der Waals surface area contributed by atoms with Crippen LogP contribution in [-0.2, 0) is 13.6 Å². The van der Waals surface area contributed by atoms with Crippen LogP contribution >= 0.6 is 0 Å². The Morgan fingerprint density at radius 1 is 1.55 bits per heavy atom. The summed E-state index contributed by atoms with van der Waals surface area (Å²) in [4.78, 5) is 6.35. The van der Waals surface area contributed by atoms with Gasteiger partial charge in [-0.15, -0.1) is 0 Å². The standard InChI is InChI=1S/C7H11N4/c1-10-6-8-7(9-10)5-11-3-2-4-11/h2-5H2,1H3. The number of nitrogens with zero attached hydrogens (tertiary/aromatic N) is 4. The summed E-state index contributed by atoms with van der Waals surface area (Å²) < 4.78 is 1.62. The minimum atomic E-state index is 0.882. The Hall–Kier alpha value is -0.900. The lowest BCUT2D eigenvalue weighted by molar-refractivity contribution is 0.168. The molecule has 2 rings (SSSR count). The van der Waals surface area contributed by atoms with E-state index in [2.05, 4.69) is 21.3 Å². The summed E-state index contributed by atoms with van der Waals surface area (Å²) >= 11 is 0. The summed E-state index contributed by atoms with van der Waals surface area (Å²) in [7, 11) is 1.84. The lowest BCUT2D eigenvalue weighted by Gasteiger charge is -2.29. The van der Waals surface area contributed by atoms with E-state index in [9.17, 15) is 0 Å². The number of hydrogen-bond donors (Lipinski definition) is 0. The van der Waals surface area contributed by atoms with E-state index < -0.39 is 0 Å². The maximum Gasteiger partial charge on any atom is 0.196 e. The highest BCUT2D eigenvalue weighted by Gasteiger charge is 2.15. The summed E-state index contributed by atoms with van der Waals surface area (Å²) in [5, 5.41) is 4.14. The highest BCUT2D eigenvalue weighted by Crippen LogP contribution is 2.08. The monoisotopic (exact) mass is 151 g/mol. The fourth-order valence-corrected chi connectivity index (χ4v) is 1.15. The molecule has 0 atom stereocenters. The van der Waals surface area contributed by atoms with Crippen LogP contribution in [0.25, 0.3) is 0 Å². The molecule has 1 aromatic rings. The summed E-state index contributed by atoms with van der Waals surface area (Å²) in [6, 6.07) is 0. The van der Waals surface area contributed by atoms with E-state index in [0.29, 0.717) is 0 Å². The van der Waals surface area contributed by atoms with Gasteiger partial charge in [-0.3, -0.25) is 4.90 Å². The summed E-state index contributed by atoms with van der Waals surface area (Å²) in [5.74, 6) is 0.882. The number of aryl methyl sites for hydroxylation is 1. The number of aromatic nitrogens is 3. The maximum absolute atomic E-state index is 4.14. The van der Waals surface area contributed by atoms with E-state index in [-0.39, 0.29) is 0 Å². The zero-order chi connectivity index (χ0) is 7.68. The van der Waals surface area contributed by atoms with Gasteiger partial charge in [-0.25, -0.2) is 9.67 Å². The van der Waals surface area contributed by atoms with Gasteiger partial charge in [0.25, 0.3) is 0 Å². The maximum atomic E-state index is 4.14. The van der Waals surface area contributed by atoms with Crippen LogP contribution in [0.2, 0.25) is 0 Å². The molecule has 1 radical (unpaired) electrons. The SMILES string of the molecule is Cn1[c]nc(CN2CCC2)n1. The van der Waals surface area contributed by atoms with Crippen molar-refractivity contribution in [3.8, 4) is 0 Å². The van der Waals surface area contributed by atoms with Crippen LogP contribution in [0.5, 0.6) is 0 Å². The molecule has 1 fully saturated rings. The zero-order valence-corrected chi connectivity index (χ0v) is 6.62. The molecule has 1 aliphatic heterocycles. The third-order valence-electron chi connectivity index (χ3n) is 1.90. The van der Waals surface area contributed by atoms with Crippen LogP contribution in [0.1, 0.15) is 12.2 Å². The third-order valence-corrected chi connectivity index (χ3v) is 1.90. The molecule has 59 valence electrons. The van der Waals surface area contributed by atoms with Gasteiger partial charge >= 0.3 is 0 Å². The highest BCUT2D eigenvalue weighted by molar-refractivity contribution is 4.83. The lowest BCUT2D eigenvalue weighted by atomic mass is 10.2. The Balaban J connectivity index is 1.95. The molecule has 4 nitrogen and oxygen atoms in total. The predicted molar refractivity (Wildman–Crippen MR) is 39.7 cm³/mol. The van der Waals surface area contributed by atoms with E-state index in [1.807, 2.05) is 7.05 Å². The Labute approximate surface area is 65.8 Å². The molecule has 1 aliphatic rings. The summed E-state index contributed by atoms with van der Waals surface area (Å²) in [6.07, 6.45) is 4.07. The molecule has 0 amide bonds. The Morgan fingerprint density at radius 2 is 2.36 bits per heavy atom. The molecular formula is C7H11N4. The first kappa shape index (κ1) is 6.79. The van der Waals surface area contributed by atoms with E-state index >= 15 is 0 Å². The molecule has 0 aliphatic carbocycles. The first-order valence-electron chi connectivity index (χ1n) is 3.84. The average molecular weight is 151 g/mol. The second-order valence-electron chi connectivity index (χ2n) is 2.88. The van der Waals surface area contributed by atoms with Crippen molar-refractivity contribution in [1.82, 2.24) is 19.7 Å². The molecule has 0 spiro atoms. The van der Waals surface area contributed by atoms with Crippen molar-refractivity contribution in [2.24, 2.45) is 7.05 Å². The lowest BCUT2D eigenvalue weighted by Crippen LogP contribution is -2.36. The number of likely N-dealkylation sites (tertiary alicyclic amines) is 1. The number of hydrogen-bond acceptors (Lipinski definition) is 3. The van der Waals surface area contributed by atoms with E-state index in [1.165, 1.54) is 19.5 Å². The van der Waals surface area contributed by atoms with Crippen LogP contribution in [0.3, 0.4) is 0 Å². The van der Waals surface area contributed by atoms with Gasteiger partial charge in [-0.05, 0) is 19.5 Å². The summed E-state index contributed by atoms with van der Waals surface area (Å²) in [5.41, 5.74) is 0. The van der Waals surface area contributed by atoms with Crippen LogP contribution < -0.4 is 0 Å². The normalized spacial score (nSPS) is 18.3. The third kappa shape index (κ3) is 1.40.